The standard InChI is InChI=1S/C29H23ClN2O6/c1-17-11-27(33)37-25-14-26(22(30)13-21(17)25)38-28(34)24(12-19-15-31-23-10-6-5-9-20(19)23)32-29(35)36-16-18-7-3-2-4-8-18/h2-11,13-15,24,31H,12,16H2,1H3,(H,32,35). The summed E-state index contributed by atoms with van der Waals surface area (Å²) < 4.78 is 16.2. The second-order valence-electron chi connectivity index (χ2n) is 8.77. The number of nitrogens with one attached hydrogen (secondary N) is 2. The number of aryl methyl sites for hydroxylation is 1. The first kappa shape index (κ1) is 25.1. The highest BCUT2D eigenvalue weighted by molar-refractivity contribution is 6.33. The summed E-state index contributed by atoms with van der Waals surface area (Å²) in [5, 5.41) is 4.30. The summed E-state index contributed by atoms with van der Waals surface area (Å²) in [4.78, 5) is 41.0. The molecular formula is C29H23ClN2O6. The normalized spacial score (nSPS) is 11.8. The van der Waals surface area contributed by atoms with E-state index in [4.69, 9.17) is 25.5 Å². The van der Waals surface area contributed by atoms with Gasteiger partial charge in [0.25, 0.3) is 0 Å². The van der Waals surface area contributed by atoms with Gasteiger partial charge < -0.3 is 24.2 Å². The molecular weight excluding hydrogens is 508 g/mol. The Balaban J connectivity index is 1.39. The Kier molecular flexibility index (Phi) is 7.15. The minimum Gasteiger partial charge on any atom is -0.445 e. The first-order valence-electron chi connectivity index (χ1n) is 11.9. The summed E-state index contributed by atoms with van der Waals surface area (Å²) in [5.41, 5.74) is 2.87. The van der Waals surface area contributed by atoms with Crippen molar-refractivity contribution < 1.29 is 23.5 Å². The van der Waals surface area contributed by atoms with Gasteiger partial charge in [-0.1, -0.05) is 60.1 Å². The van der Waals surface area contributed by atoms with Crippen molar-refractivity contribution in [2.24, 2.45) is 0 Å². The van der Waals surface area contributed by atoms with Crippen LogP contribution in [0, 0.1) is 6.92 Å². The number of hydrogen-bond donors (Lipinski definition) is 2. The average Bonchev–Trinajstić information content (AvgIpc) is 3.31. The number of alkyl carbamates (subject to hydrolysis) is 1. The molecule has 2 aromatic heterocycles. The van der Waals surface area contributed by atoms with Crippen LogP contribution in [0.2, 0.25) is 5.02 Å². The predicted octanol–water partition coefficient (Wildman–Crippen LogP) is 5.68. The topological polar surface area (TPSA) is 111 Å². The van der Waals surface area contributed by atoms with Crippen LogP contribution in [0.1, 0.15) is 16.7 Å². The minimum absolute atomic E-state index is 0.00120. The van der Waals surface area contributed by atoms with Crippen molar-refractivity contribution in [3.8, 4) is 5.75 Å². The Hall–Kier alpha value is -4.56. The van der Waals surface area contributed by atoms with Gasteiger partial charge in [-0.3, -0.25) is 0 Å². The van der Waals surface area contributed by atoms with Gasteiger partial charge in [0, 0.05) is 41.0 Å². The Morgan fingerprint density at radius 1 is 1.03 bits per heavy atom. The van der Waals surface area contributed by atoms with E-state index in [1.165, 1.54) is 12.1 Å². The molecule has 192 valence electrons. The summed E-state index contributed by atoms with van der Waals surface area (Å²) in [5.74, 6) is -0.760. The van der Waals surface area contributed by atoms with E-state index in [9.17, 15) is 14.4 Å². The summed E-state index contributed by atoms with van der Waals surface area (Å²) in [7, 11) is 0. The molecule has 0 bridgehead atoms. The van der Waals surface area contributed by atoms with Crippen LogP contribution in [0.25, 0.3) is 21.9 Å². The fourth-order valence-corrected chi connectivity index (χ4v) is 4.40. The van der Waals surface area contributed by atoms with E-state index in [1.54, 1.807) is 19.2 Å². The highest BCUT2D eigenvalue weighted by Crippen LogP contribution is 2.31. The quantitative estimate of drug-likeness (QED) is 0.159. The fourth-order valence-electron chi connectivity index (χ4n) is 4.20. The number of carbonyl (C=O) groups is 2. The number of esters is 1. The number of para-hydroxylation sites is 1. The number of aromatic amines is 1. The third kappa shape index (κ3) is 5.55. The zero-order valence-corrected chi connectivity index (χ0v) is 21.1. The number of ether oxygens (including phenoxy) is 2. The molecule has 0 saturated heterocycles. The molecule has 5 aromatic rings. The lowest BCUT2D eigenvalue weighted by molar-refractivity contribution is -0.136. The van der Waals surface area contributed by atoms with Gasteiger partial charge in [0.15, 0.2) is 5.75 Å². The molecule has 0 fully saturated rings. The van der Waals surface area contributed by atoms with Gasteiger partial charge in [-0.15, -0.1) is 0 Å². The molecule has 5 rings (SSSR count). The number of halogens is 1. The molecule has 0 saturated carbocycles. The van der Waals surface area contributed by atoms with Gasteiger partial charge in [0.05, 0.1) is 5.02 Å². The third-order valence-electron chi connectivity index (χ3n) is 6.10. The van der Waals surface area contributed by atoms with Gasteiger partial charge in [-0.25, -0.2) is 14.4 Å². The molecule has 1 atom stereocenters. The molecule has 0 aliphatic rings. The highest BCUT2D eigenvalue weighted by Gasteiger charge is 2.26. The highest BCUT2D eigenvalue weighted by atomic mass is 35.5. The van der Waals surface area contributed by atoms with E-state index in [0.717, 1.165) is 22.0 Å². The summed E-state index contributed by atoms with van der Waals surface area (Å²) >= 11 is 6.39. The van der Waals surface area contributed by atoms with Gasteiger partial charge in [-0.2, -0.15) is 0 Å². The monoisotopic (exact) mass is 530 g/mol. The number of fused-ring (bicyclic) bond motifs is 2. The second-order valence-corrected chi connectivity index (χ2v) is 9.18. The molecule has 38 heavy (non-hydrogen) atoms. The van der Waals surface area contributed by atoms with Crippen LogP contribution in [0.5, 0.6) is 5.75 Å². The molecule has 0 aliphatic carbocycles. The van der Waals surface area contributed by atoms with Crippen molar-refractivity contribution in [1.82, 2.24) is 10.3 Å². The van der Waals surface area contributed by atoms with E-state index in [1.807, 2.05) is 54.6 Å². The molecule has 2 N–H and O–H groups in total. The van der Waals surface area contributed by atoms with Crippen LogP contribution in [-0.2, 0) is 22.6 Å². The van der Waals surface area contributed by atoms with E-state index in [0.29, 0.717) is 10.9 Å². The lowest BCUT2D eigenvalue weighted by atomic mass is 10.1. The van der Waals surface area contributed by atoms with Crippen molar-refractivity contribution in [3.05, 3.63) is 111 Å². The zero-order valence-electron chi connectivity index (χ0n) is 20.3. The SMILES string of the molecule is Cc1cc(=O)oc2cc(OC(=O)C(Cc3c[nH]c4ccccc34)NC(=O)OCc3ccccc3)c(Cl)cc12. The van der Waals surface area contributed by atoms with Crippen LogP contribution in [0.3, 0.4) is 0 Å². The van der Waals surface area contributed by atoms with Crippen LogP contribution in [0.4, 0.5) is 4.79 Å². The second kappa shape index (κ2) is 10.8. The average molecular weight is 531 g/mol. The molecule has 1 unspecified atom stereocenters. The van der Waals surface area contributed by atoms with Gasteiger partial charge >= 0.3 is 17.7 Å². The van der Waals surface area contributed by atoms with E-state index in [-0.39, 0.29) is 29.4 Å². The fraction of sp³-hybridized carbons (Fsp3) is 0.138. The summed E-state index contributed by atoms with van der Waals surface area (Å²) in [6, 6.07) is 20.0. The van der Waals surface area contributed by atoms with Crippen molar-refractivity contribution in [2.45, 2.75) is 26.0 Å². The summed E-state index contributed by atoms with van der Waals surface area (Å²) in [6.07, 6.45) is 1.13. The lowest BCUT2D eigenvalue weighted by Gasteiger charge is -2.18. The number of carbonyl (C=O) groups excluding carboxylic acids is 2. The van der Waals surface area contributed by atoms with Gasteiger partial charge in [-0.05, 0) is 35.7 Å². The molecule has 0 aliphatic heterocycles. The predicted molar refractivity (Wildman–Crippen MR) is 143 cm³/mol. The first-order valence-corrected chi connectivity index (χ1v) is 12.2. The minimum atomic E-state index is -1.10. The molecule has 0 radical (unpaired) electrons. The lowest BCUT2D eigenvalue weighted by Crippen LogP contribution is -2.44. The number of H-pyrrole nitrogens is 1. The van der Waals surface area contributed by atoms with Crippen molar-refractivity contribution in [2.75, 3.05) is 0 Å². The Morgan fingerprint density at radius 2 is 1.79 bits per heavy atom. The van der Waals surface area contributed by atoms with Gasteiger partial charge in [0.2, 0.25) is 0 Å². The maximum Gasteiger partial charge on any atom is 0.408 e. The Bertz CT molecular complexity index is 1690. The van der Waals surface area contributed by atoms with E-state index < -0.39 is 23.7 Å². The number of aromatic nitrogens is 1. The van der Waals surface area contributed by atoms with Crippen LogP contribution in [0.15, 0.2) is 88.2 Å². The molecule has 3 aromatic carbocycles. The van der Waals surface area contributed by atoms with Crippen LogP contribution >= 0.6 is 11.6 Å². The number of benzene rings is 3. The Labute approximate surface area is 222 Å². The van der Waals surface area contributed by atoms with Crippen LogP contribution in [-0.4, -0.2) is 23.1 Å². The molecule has 8 nitrogen and oxygen atoms in total. The maximum atomic E-state index is 13.4. The zero-order chi connectivity index (χ0) is 26.6. The van der Waals surface area contributed by atoms with Crippen LogP contribution < -0.4 is 15.7 Å². The van der Waals surface area contributed by atoms with Gasteiger partial charge in [0.1, 0.15) is 18.2 Å². The number of hydrogen-bond acceptors (Lipinski definition) is 6. The molecule has 9 heteroatoms. The smallest absolute Gasteiger partial charge is 0.408 e. The van der Waals surface area contributed by atoms with Crippen molar-refractivity contribution in [3.63, 3.8) is 0 Å². The largest absolute Gasteiger partial charge is 0.445 e. The number of rotatable bonds is 7. The van der Waals surface area contributed by atoms with E-state index >= 15 is 0 Å². The molecule has 1 amide bonds. The number of amides is 1. The van der Waals surface area contributed by atoms with Crippen molar-refractivity contribution in [1.29, 1.82) is 0 Å². The summed E-state index contributed by atoms with van der Waals surface area (Å²) in [6.45, 7) is 1.79. The molecule has 0 spiro atoms. The first-order chi connectivity index (χ1) is 18.4. The maximum absolute atomic E-state index is 13.4. The Morgan fingerprint density at radius 3 is 2.61 bits per heavy atom. The van der Waals surface area contributed by atoms with Crippen molar-refractivity contribution >= 4 is 45.5 Å². The molecule has 2 heterocycles. The third-order valence-corrected chi connectivity index (χ3v) is 6.40. The van der Waals surface area contributed by atoms with E-state index in [2.05, 4.69) is 10.3 Å².